The van der Waals surface area contributed by atoms with Crippen molar-refractivity contribution in [1.82, 2.24) is 10.2 Å². The van der Waals surface area contributed by atoms with E-state index in [0.717, 1.165) is 12.1 Å². The summed E-state index contributed by atoms with van der Waals surface area (Å²) in [6.45, 7) is 4.05. The number of likely N-dealkylation sites (N-methyl/N-ethyl adjacent to an activating group) is 1. The lowest BCUT2D eigenvalue weighted by molar-refractivity contribution is -0.158. The number of morpholine rings is 1. The second-order valence-electron chi connectivity index (χ2n) is 5.04. The SMILES string of the molecule is CN(Cc1ccc(F)cc1)C(=O)[C@]1(C)CNCCO1. The fourth-order valence-corrected chi connectivity index (χ4v) is 2.20. The summed E-state index contributed by atoms with van der Waals surface area (Å²) in [5.41, 5.74) is 0.0807. The van der Waals surface area contributed by atoms with Crippen LogP contribution in [0.3, 0.4) is 0 Å². The Labute approximate surface area is 112 Å². The zero-order valence-corrected chi connectivity index (χ0v) is 11.3. The van der Waals surface area contributed by atoms with E-state index in [1.807, 2.05) is 0 Å². The van der Waals surface area contributed by atoms with Crippen LogP contribution >= 0.6 is 0 Å². The fraction of sp³-hybridized carbons (Fsp3) is 0.500. The molecule has 5 heteroatoms. The third-order valence-corrected chi connectivity index (χ3v) is 3.29. The molecule has 1 saturated heterocycles. The summed E-state index contributed by atoms with van der Waals surface area (Å²) in [5, 5.41) is 3.16. The van der Waals surface area contributed by atoms with Crippen molar-refractivity contribution in [2.75, 3.05) is 26.7 Å². The second-order valence-corrected chi connectivity index (χ2v) is 5.04. The van der Waals surface area contributed by atoms with Crippen molar-refractivity contribution in [3.05, 3.63) is 35.6 Å². The third-order valence-electron chi connectivity index (χ3n) is 3.29. The van der Waals surface area contributed by atoms with Gasteiger partial charge in [-0.3, -0.25) is 4.79 Å². The zero-order chi connectivity index (χ0) is 13.9. The molecule has 4 nitrogen and oxygen atoms in total. The molecular formula is C14H19FN2O2. The lowest BCUT2D eigenvalue weighted by Gasteiger charge is -2.36. The Morgan fingerprint density at radius 2 is 2.16 bits per heavy atom. The molecule has 0 saturated carbocycles. The molecule has 19 heavy (non-hydrogen) atoms. The maximum Gasteiger partial charge on any atom is 0.255 e. The maximum atomic E-state index is 12.8. The largest absolute Gasteiger partial charge is 0.363 e. The minimum atomic E-state index is -0.812. The van der Waals surface area contributed by atoms with Crippen LogP contribution in [-0.2, 0) is 16.1 Å². The second kappa shape index (κ2) is 5.67. The van der Waals surface area contributed by atoms with Crippen molar-refractivity contribution < 1.29 is 13.9 Å². The van der Waals surface area contributed by atoms with Crippen molar-refractivity contribution >= 4 is 5.91 Å². The van der Waals surface area contributed by atoms with Crippen LogP contribution < -0.4 is 5.32 Å². The molecule has 1 N–H and O–H groups in total. The van der Waals surface area contributed by atoms with Crippen molar-refractivity contribution in [2.24, 2.45) is 0 Å². The highest BCUT2D eigenvalue weighted by molar-refractivity contribution is 5.85. The maximum absolute atomic E-state index is 12.8. The topological polar surface area (TPSA) is 41.6 Å². The Morgan fingerprint density at radius 1 is 1.47 bits per heavy atom. The summed E-state index contributed by atoms with van der Waals surface area (Å²) in [6, 6.07) is 6.16. The molecule has 0 aromatic heterocycles. The van der Waals surface area contributed by atoms with Gasteiger partial charge in [0.15, 0.2) is 5.60 Å². The van der Waals surface area contributed by atoms with E-state index in [9.17, 15) is 9.18 Å². The summed E-state index contributed by atoms with van der Waals surface area (Å²) in [6.07, 6.45) is 0. The van der Waals surface area contributed by atoms with Crippen molar-refractivity contribution in [3.8, 4) is 0 Å². The van der Waals surface area contributed by atoms with Gasteiger partial charge in [0, 0.05) is 26.7 Å². The monoisotopic (exact) mass is 266 g/mol. The van der Waals surface area contributed by atoms with Gasteiger partial charge in [-0.15, -0.1) is 0 Å². The number of carbonyl (C=O) groups excluding carboxylic acids is 1. The molecular weight excluding hydrogens is 247 g/mol. The first-order chi connectivity index (χ1) is 9.01. The Balaban J connectivity index is 2.00. The summed E-state index contributed by atoms with van der Waals surface area (Å²) in [5.74, 6) is -0.339. The fourth-order valence-electron chi connectivity index (χ4n) is 2.20. The first-order valence-electron chi connectivity index (χ1n) is 6.36. The highest BCUT2D eigenvalue weighted by Crippen LogP contribution is 2.17. The number of rotatable bonds is 3. The lowest BCUT2D eigenvalue weighted by Crippen LogP contribution is -2.57. The smallest absolute Gasteiger partial charge is 0.255 e. The van der Waals surface area contributed by atoms with Gasteiger partial charge in [0.1, 0.15) is 5.82 Å². The van der Waals surface area contributed by atoms with Crippen molar-refractivity contribution in [3.63, 3.8) is 0 Å². The van der Waals surface area contributed by atoms with Gasteiger partial charge in [-0.25, -0.2) is 4.39 Å². The zero-order valence-electron chi connectivity index (χ0n) is 11.3. The lowest BCUT2D eigenvalue weighted by atomic mass is 10.0. The van der Waals surface area contributed by atoms with E-state index in [1.54, 1.807) is 31.0 Å². The summed E-state index contributed by atoms with van der Waals surface area (Å²) >= 11 is 0. The Hall–Kier alpha value is -1.46. The average molecular weight is 266 g/mol. The molecule has 1 fully saturated rings. The normalized spacial score (nSPS) is 23.1. The van der Waals surface area contributed by atoms with Crippen LogP contribution in [-0.4, -0.2) is 43.2 Å². The first kappa shape index (κ1) is 14.0. The van der Waals surface area contributed by atoms with Crippen LogP contribution in [0.2, 0.25) is 0 Å². The highest BCUT2D eigenvalue weighted by Gasteiger charge is 2.38. The Kier molecular flexibility index (Phi) is 4.17. The number of nitrogens with one attached hydrogen (secondary N) is 1. The van der Waals surface area contributed by atoms with Crippen LogP contribution in [0.25, 0.3) is 0 Å². The van der Waals surface area contributed by atoms with Crippen molar-refractivity contribution in [1.29, 1.82) is 0 Å². The Morgan fingerprint density at radius 3 is 2.74 bits per heavy atom. The molecule has 0 radical (unpaired) electrons. The van der Waals surface area contributed by atoms with E-state index in [-0.39, 0.29) is 11.7 Å². The van der Waals surface area contributed by atoms with Crippen molar-refractivity contribution in [2.45, 2.75) is 19.1 Å². The number of hydrogen-bond donors (Lipinski definition) is 1. The predicted molar refractivity (Wildman–Crippen MR) is 70.1 cm³/mol. The number of ether oxygens (including phenoxy) is 1. The van der Waals surface area contributed by atoms with E-state index >= 15 is 0 Å². The summed E-state index contributed by atoms with van der Waals surface area (Å²) in [4.78, 5) is 14.0. The van der Waals surface area contributed by atoms with Gasteiger partial charge in [-0.2, -0.15) is 0 Å². The number of benzene rings is 1. The van der Waals surface area contributed by atoms with E-state index in [4.69, 9.17) is 4.74 Å². The quantitative estimate of drug-likeness (QED) is 0.892. The molecule has 1 amide bonds. The molecule has 0 bridgehead atoms. The van der Waals surface area contributed by atoms with E-state index in [1.165, 1.54) is 12.1 Å². The van der Waals surface area contributed by atoms with E-state index in [0.29, 0.717) is 19.7 Å². The molecule has 1 aromatic carbocycles. The number of nitrogens with zero attached hydrogens (tertiary/aromatic N) is 1. The van der Waals surface area contributed by atoms with E-state index in [2.05, 4.69) is 5.32 Å². The highest BCUT2D eigenvalue weighted by atomic mass is 19.1. The molecule has 0 unspecified atom stereocenters. The molecule has 104 valence electrons. The molecule has 1 aliphatic rings. The van der Waals surface area contributed by atoms with Gasteiger partial charge >= 0.3 is 0 Å². The standard InChI is InChI=1S/C14H19FN2O2/c1-14(10-16-7-8-19-14)13(18)17(2)9-11-3-5-12(15)6-4-11/h3-6,16H,7-10H2,1-2H3/t14-/m0/s1. The van der Waals surface area contributed by atoms with Crippen LogP contribution in [0, 0.1) is 5.82 Å². The molecule has 1 atom stereocenters. The minimum Gasteiger partial charge on any atom is -0.363 e. The van der Waals surface area contributed by atoms with Crippen LogP contribution in [0.15, 0.2) is 24.3 Å². The molecule has 0 spiro atoms. The number of amides is 1. The predicted octanol–water partition coefficient (Wildman–Crippen LogP) is 1.16. The molecule has 2 rings (SSSR count). The van der Waals surface area contributed by atoms with Gasteiger partial charge in [-0.1, -0.05) is 12.1 Å². The molecule has 1 aliphatic heterocycles. The van der Waals surface area contributed by atoms with Gasteiger partial charge in [0.25, 0.3) is 5.91 Å². The minimum absolute atomic E-state index is 0.0657. The van der Waals surface area contributed by atoms with Crippen LogP contribution in [0.4, 0.5) is 4.39 Å². The number of halogens is 1. The number of carbonyl (C=O) groups is 1. The van der Waals surface area contributed by atoms with Gasteiger partial charge in [-0.05, 0) is 24.6 Å². The van der Waals surface area contributed by atoms with Gasteiger partial charge in [0.2, 0.25) is 0 Å². The number of hydrogen-bond acceptors (Lipinski definition) is 3. The van der Waals surface area contributed by atoms with Gasteiger partial charge in [0.05, 0.1) is 6.61 Å². The summed E-state index contributed by atoms with van der Waals surface area (Å²) in [7, 11) is 1.73. The average Bonchev–Trinajstić information content (AvgIpc) is 2.41. The van der Waals surface area contributed by atoms with Crippen LogP contribution in [0.1, 0.15) is 12.5 Å². The molecule has 1 heterocycles. The molecule has 1 aromatic rings. The third kappa shape index (κ3) is 3.30. The first-order valence-corrected chi connectivity index (χ1v) is 6.36. The Bertz CT molecular complexity index is 441. The summed E-state index contributed by atoms with van der Waals surface area (Å²) < 4.78 is 18.4. The molecule has 0 aliphatic carbocycles. The van der Waals surface area contributed by atoms with Gasteiger partial charge < -0.3 is 15.0 Å². The van der Waals surface area contributed by atoms with Crippen LogP contribution in [0.5, 0.6) is 0 Å². The van der Waals surface area contributed by atoms with E-state index < -0.39 is 5.60 Å².